The predicted octanol–water partition coefficient (Wildman–Crippen LogP) is 4.57. The summed E-state index contributed by atoms with van der Waals surface area (Å²) in [6, 6.07) is 13.6. The lowest BCUT2D eigenvalue weighted by Gasteiger charge is -2.36. The second-order valence-corrected chi connectivity index (χ2v) is 8.36. The van der Waals surface area contributed by atoms with Crippen LogP contribution < -0.4 is 10.2 Å². The highest BCUT2D eigenvalue weighted by atomic mass is 19.4. The van der Waals surface area contributed by atoms with Gasteiger partial charge in [0.2, 0.25) is 0 Å². The number of anilines is 1. The molecule has 35 heavy (non-hydrogen) atoms. The zero-order valence-corrected chi connectivity index (χ0v) is 19.0. The number of halogens is 3. The molecule has 4 rings (SSSR count). The number of alkyl halides is 3. The van der Waals surface area contributed by atoms with Gasteiger partial charge in [-0.15, -0.1) is 0 Å². The van der Waals surface area contributed by atoms with Gasteiger partial charge in [-0.25, -0.2) is 0 Å². The van der Waals surface area contributed by atoms with Crippen LogP contribution in [0.25, 0.3) is 11.3 Å². The third-order valence-corrected chi connectivity index (χ3v) is 5.97. The Kier molecular flexibility index (Phi) is 7.67. The van der Waals surface area contributed by atoms with Crippen molar-refractivity contribution in [3.8, 4) is 11.3 Å². The van der Waals surface area contributed by atoms with Crippen LogP contribution >= 0.6 is 0 Å². The van der Waals surface area contributed by atoms with Crippen LogP contribution in [0.1, 0.15) is 17.7 Å². The van der Waals surface area contributed by atoms with E-state index in [0.29, 0.717) is 42.3 Å². The van der Waals surface area contributed by atoms with Crippen molar-refractivity contribution >= 4 is 11.4 Å². The lowest BCUT2D eigenvalue weighted by Crippen LogP contribution is -2.47. The number of nitrogens with zero attached hydrogens (tertiary/aromatic N) is 4. The third-order valence-electron chi connectivity index (χ3n) is 5.97. The molecule has 0 amide bonds. The fourth-order valence-electron chi connectivity index (χ4n) is 4.12. The summed E-state index contributed by atoms with van der Waals surface area (Å²) in [6.45, 7) is 5.02. The van der Waals surface area contributed by atoms with Gasteiger partial charge in [0.1, 0.15) is 5.69 Å². The molecule has 0 spiro atoms. The number of nitrogens with one attached hydrogen (secondary N) is 1. The first-order valence-electron chi connectivity index (χ1n) is 11.4. The number of aromatic nitrogens is 1. The minimum atomic E-state index is -4.34. The number of benzene rings is 2. The molecule has 0 saturated carbocycles. The van der Waals surface area contributed by atoms with Gasteiger partial charge in [0.05, 0.1) is 22.6 Å². The smallest absolute Gasteiger partial charge is 0.369 e. The van der Waals surface area contributed by atoms with Crippen LogP contribution in [0, 0.1) is 10.1 Å². The molecular formula is C24H26F3N5O3. The molecule has 8 nitrogen and oxygen atoms in total. The summed E-state index contributed by atoms with van der Waals surface area (Å²) >= 11 is 0. The van der Waals surface area contributed by atoms with Crippen LogP contribution in [0.3, 0.4) is 0 Å². The van der Waals surface area contributed by atoms with Crippen molar-refractivity contribution in [2.75, 3.05) is 44.2 Å². The zero-order valence-electron chi connectivity index (χ0n) is 19.0. The van der Waals surface area contributed by atoms with E-state index in [1.54, 1.807) is 30.3 Å². The molecule has 1 aliphatic rings. The van der Waals surface area contributed by atoms with Gasteiger partial charge in [0, 0.05) is 44.0 Å². The maximum absolute atomic E-state index is 13.0. The van der Waals surface area contributed by atoms with Gasteiger partial charge in [0.15, 0.2) is 5.76 Å². The Morgan fingerprint density at radius 1 is 1.06 bits per heavy atom. The van der Waals surface area contributed by atoms with Crippen molar-refractivity contribution in [3.63, 3.8) is 0 Å². The maximum Gasteiger partial charge on any atom is 0.416 e. The quantitative estimate of drug-likeness (QED) is 0.268. The summed E-state index contributed by atoms with van der Waals surface area (Å²) in [4.78, 5) is 15.0. The summed E-state index contributed by atoms with van der Waals surface area (Å²) in [7, 11) is 0. The normalized spacial score (nSPS) is 14.9. The van der Waals surface area contributed by atoms with E-state index in [4.69, 9.17) is 4.52 Å². The summed E-state index contributed by atoms with van der Waals surface area (Å²) in [5, 5.41) is 18.4. The molecule has 11 heteroatoms. The van der Waals surface area contributed by atoms with Crippen molar-refractivity contribution in [2.45, 2.75) is 19.1 Å². The lowest BCUT2D eigenvalue weighted by atomic mass is 10.1. The SMILES string of the molecule is O=[N+]([O-])c1ccccc1-c1cc(CNCCCN2CCN(c3cccc(C(F)(F)F)c3)CC2)on1. The first-order valence-corrected chi connectivity index (χ1v) is 11.4. The van der Waals surface area contributed by atoms with Crippen LogP contribution in [0.15, 0.2) is 59.1 Å². The zero-order chi connectivity index (χ0) is 24.8. The Morgan fingerprint density at radius 3 is 2.57 bits per heavy atom. The fourth-order valence-corrected chi connectivity index (χ4v) is 4.12. The number of piperazine rings is 1. The first-order chi connectivity index (χ1) is 16.8. The van der Waals surface area contributed by atoms with E-state index in [1.165, 1.54) is 18.2 Å². The lowest BCUT2D eigenvalue weighted by molar-refractivity contribution is -0.384. The van der Waals surface area contributed by atoms with E-state index < -0.39 is 16.7 Å². The average Bonchev–Trinajstić information content (AvgIpc) is 3.32. The van der Waals surface area contributed by atoms with E-state index in [-0.39, 0.29) is 5.69 Å². The van der Waals surface area contributed by atoms with Crippen LogP contribution in [-0.2, 0) is 12.7 Å². The summed E-state index contributed by atoms with van der Waals surface area (Å²) < 4.78 is 44.2. The van der Waals surface area contributed by atoms with Gasteiger partial charge in [-0.2, -0.15) is 13.2 Å². The molecule has 0 unspecified atom stereocenters. The molecule has 2 heterocycles. The van der Waals surface area contributed by atoms with Crippen molar-refractivity contribution in [1.82, 2.24) is 15.4 Å². The molecule has 0 bridgehead atoms. The average molecular weight is 489 g/mol. The van der Waals surface area contributed by atoms with Crippen molar-refractivity contribution in [1.29, 1.82) is 0 Å². The van der Waals surface area contributed by atoms with Crippen molar-refractivity contribution < 1.29 is 22.6 Å². The van der Waals surface area contributed by atoms with Crippen molar-refractivity contribution in [2.24, 2.45) is 0 Å². The minimum Gasteiger partial charge on any atom is -0.369 e. The van der Waals surface area contributed by atoms with E-state index in [2.05, 4.69) is 15.4 Å². The molecule has 0 aliphatic carbocycles. The number of rotatable bonds is 9. The molecule has 1 N–H and O–H groups in total. The number of nitro groups is 1. The van der Waals surface area contributed by atoms with Crippen LogP contribution in [0.2, 0.25) is 0 Å². The summed E-state index contributed by atoms with van der Waals surface area (Å²) in [5.74, 6) is 0.591. The van der Waals surface area contributed by atoms with Gasteiger partial charge < -0.3 is 14.7 Å². The molecule has 0 atom stereocenters. The number of hydrogen-bond donors (Lipinski definition) is 1. The highest BCUT2D eigenvalue weighted by molar-refractivity contribution is 5.70. The predicted molar refractivity (Wildman–Crippen MR) is 125 cm³/mol. The van der Waals surface area contributed by atoms with E-state index in [9.17, 15) is 23.3 Å². The molecular weight excluding hydrogens is 463 g/mol. The largest absolute Gasteiger partial charge is 0.416 e. The maximum atomic E-state index is 13.0. The Balaban J connectivity index is 1.18. The monoisotopic (exact) mass is 489 g/mol. The first kappa shape index (κ1) is 24.7. The van der Waals surface area contributed by atoms with Gasteiger partial charge in [-0.1, -0.05) is 23.4 Å². The Bertz CT molecular complexity index is 1140. The van der Waals surface area contributed by atoms with Crippen LogP contribution in [-0.4, -0.2) is 54.2 Å². The molecule has 3 aromatic rings. The second-order valence-electron chi connectivity index (χ2n) is 8.36. The molecule has 1 aliphatic heterocycles. The Hall–Kier alpha value is -3.44. The Morgan fingerprint density at radius 2 is 1.83 bits per heavy atom. The number of hydrogen-bond acceptors (Lipinski definition) is 7. The fraction of sp³-hybridized carbons (Fsp3) is 0.375. The molecule has 1 aromatic heterocycles. The van der Waals surface area contributed by atoms with Crippen LogP contribution in [0.4, 0.5) is 24.5 Å². The Labute approximate surface area is 200 Å². The molecule has 2 aromatic carbocycles. The topological polar surface area (TPSA) is 87.7 Å². The highest BCUT2D eigenvalue weighted by Crippen LogP contribution is 2.32. The molecule has 186 valence electrons. The van der Waals surface area contributed by atoms with E-state index in [1.807, 2.05) is 4.90 Å². The standard InChI is InChI=1S/C24H26F3N5O3/c25-24(26,27)18-5-3-6-19(15-18)31-13-11-30(12-14-31)10-4-9-28-17-20-16-22(29-35-20)21-7-1-2-8-23(21)32(33)34/h1-3,5-8,15-16,28H,4,9-14,17H2. The highest BCUT2D eigenvalue weighted by Gasteiger charge is 2.31. The molecule has 0 radical (unpaired) electrons. The van der Waals surface area contributed by atoms with Gasteiger partial charge in [-0.3, -0.25) is 15.0 Å². The van der Waals surface area contributed by atoms with Crippen LogP contribution in [0.5, 0.6) is 0 Å². The van der Waals surface area contributed by atoms with E-state index >= 15 is 0 Å². The number of para-hydroxylation sites is 1. The van der Waals surface area contributed by atoms with Gasteiger partial charge >= 0.3 is 6.18 Å². The second kappa shape index (κ2) is 10.9. The van der Waals surface area contributed by atoms with Crippen molar-refractivity contribution in [3.05, 3.63) is 76.0 Å². The summed E-state index contributed by atoms with van der Waals surface area (Å²) in [5.41, 5.74) is 0.802. The minimum absolute atomic E-state index is 0.0199. The van der Waals surface area contributed by atoms with E-state index in [0.717, 1.165) is 38.7 Å². The third kappa shape index (κ3) is 6.37. The summed E-state index contributed by atoms with van der Waals surface area (Å²) in [6.07, 6.45) is -3.44. The molecule has 1 saturated heterocycles. The van der Waals surface area contributed by atoms with Gasteiger partial charge in [0.25, 0.3) is 5.69 Å². The van der Waals surface area contributed by atoms with Gasteiger partial charge in [-0.05, 0) is 43.8 Å². The number of nitro benzene ring substituents is 1. The molecule has 1 fully saturated rings.